The van der Waals surface area contributed by atoms with E-state index in [0.717, 1.165) is 15.0 Å². The van der Waals surface area contributed by atoms with Crippen LogP contribution in [0.25, 0.3) is 11.3 Å². The maximum Gasteiger partial charge on any atom is 0.247 e. The summed E-state index contributed by atoms with van der Waals surface area (Å²) in [4.78, 5) is 4.53. The molecule has 25 heavy (non-hydrogen) atoms. The molecule has 0 amide bonds. The summed E-state index contributed by atoms with van der Waals surface area (Å²) in [6, 6.07) is 11.6. The fraction of sp³-hybridized carbons (Fsp3) is 0.118. The highest BCUT2D eigenvalue weighted by Crippen LogP contribution is 2.39. The first-order chi connectivity index (χ1) is 12.2. The molecule has 126 valence electrons. The van der Waals surface area contributed by atoms with Gasteiger partial charge in [0.2, 0.25) is 17.3 Å². The van der Waals surface area contributed by atoms with Crippen molar-refractivity contribution < 1.29 is 9.15 Å². The lowest BCUT2D eigenvalue weighted by Crippen LogP contribution is -2.16. The number of furan rings is 1. The average Bonchev–Trinajstić information content (AvgIpc) is 2.99. The highest BCUT2D eigenvalue weighted by Gasteiger charge is 2.27. The molecule has 2 aromatic heterocycles. The fourth-order valence-electron chi connectivity index (χ4n) is 2.44. The minimum absolute atomic E-state index is 0.426. The quantitative estimate of drug-likeness (QED) is 0.346. The van der Waals surface area contributed by atoms with Crippen LogP contribution in [-0.4, -0.2) is 20.9 Å². The molecule has 1 unspecified atom stereocenters. The average molecular weight is 464 g/mol. The third-order valence-electron chi connectivity index (χ3n) is 3.52. The predicted octanol–water partition coefficient (Wildman–Crippen LogP) is 4.52. The molecule has 0 radical (unpaired) electrons. The number of fused-ring (bicyclic) bond motifs is 3. The Morgan fingerprint density at radius 3 is 2.92 bits per heavy atom. The Bertz CT molecular complexity index is 931. The lowest BCUT2D eigenvalue weighted by atomic mass is 10.1. The molecule has 4 rings (SSSR count). The minimum Gasteiger partial charge on any atom is -0.449 e. The maximum atomic E-state index is 6.10. The largest absolute Gasteiger partial charge is 0.449 e. The smallest absolute Gasteiger partial charge is 0.247 e. The van der Waals surface area contributed by atoms with Gasteiger partial charge in [0.25, 0.3) is 0 Å². The first-order valence-corrected chi connectivity index (χ1v) is 9.57. The molecule has 0 aliphatic carbocycles. The summed E-state index contributed by atoms with van der Waals surface area (Å²) in [5.74, 6) is 1.80. The van der Waals surface area contributed by atoms with Crippen molar-refractivity contribution in [3.05, 3.63) is 58.6 Å². The Morgan fingerprint density at radius 1 is 1.24 bits per heavy atom. The lowest BCUT2D eigenvalue weighted by molar-refractivity contribution is 0.193. The minimum atomic E-state index is -0.500. The fourth-order valence-corrected chi connectivity index (χ4v) is 3.39. The Kier molecular flexibility index (Phi) is 4.62. The van der Waals surface area contributed by atoms with Crippen LogP contribution in [0.2, 0.25) is 0 Å². The number of nitrogens with zero attached hydrogens (tertiary/aromatic N) is 3. The maximum absolute atomic E-state index is 6.10. The summed E-state index contributed by atoms with van der Waals surface area (Å²) in [5.41, 5.74) is 2.39. The molecule has 1 aromatic carbocycles. The number of nitrogens with one attached hydrogen (secondary N) is 1. The number of aromatic nitrogens is 3. The second kappa shape index (κ2) is 7.04. The van der Waals surface area contributed by atoms with Crippen molar-refractivity contribution >= 4 is 40.0 Å². The number of benzene rings is 1. The van der Waals surface area contributed by atoms with Gasteiger partial charge in [-0.05, 0) is 40.8 Å². The topological polar surface area (TPSA) is 73.1 Å². The third kappa shape index (κ3) is 3.36. The number of hydrogen-bond donors (Lipinski definition) is 1. The Morgan fingerprint density at radius 2 is 2.12 bits per heavy atom. The zero-order valence-corrected chi connectivity index (χ0v) is 16.0. The number of thioether (sulfide) groups is 1. The molecular weight excluding hydrogens is 451 g/mol. The second-order valence-corrected chi connectivity index (χ2v) is 7.23. The predicted molar refractivity (Wildman–Crippen MR) is 105 cm³/mol. The Hall–Kier alpha value is -2.07. The molecule has 0 spiro atoms. The third-order valence-corrected chi connectivity index (χ3v) is 4.93. The summed E-state index contributed by atoms with van der Waals surface area (Å²) >= 11 is 3.58. The van der Waals surface area contributed by atoms with Crippen molar-refractivity contribution in [2.45, 2.75) is 11.4 Å². The van der Waals surface area contributed by atoms with Crippen LogP contribution in [0.5, 0.6) is 5.88 Å². The van der Waals surface area contributed by atoms with E-state index in [1.165, 1.54) is 11.8 Å². The van der Waals surface area contributed by atoms with E-state index >= 15 is 0 Å². The van der Waals surface area contributed by atoms with Gasteiger partial charge in [0.15, 0.2) is 15.2 Å². The number of para-hydroxylation sites is 1. The summed E-state index contributed by atoms with van der Waals surface area (Å²) in [7, 11) is 0. The molecule has 1 aliphatic rings. The molecule has 0 saturated heterocycles. The van der Waals surface area contributed by atoms with E-state index in [4.69, 9.17) is 9.15 Å². The molecule has 0 fully saturated rings. The summed E-state index contributed by atoms with van der Waals surface area (Å²) in [6.07, 6.45) is 1.30. The van der Waals surface area contributed by atoms with Gasteiger partial charge in [-0.1, -0.05) is 36.0 Å². The van der Waals surface area contributed by atoms with Gasteiger partial charge >= 0.3 is 0 Å². The van der Waals surface area contributed by atoms with Crippen LogP contribution in [0.15, 0.2) is 58.6 Å². The summed E-state index contributed by atoms with van der Waals surface area (Å²) < 4.78 is 12.6. The summed E-state index contributed by atoms with van der Waals surface area (Å²) in [5, 5.41) is 12.4. The zero-order chi connectivity index (χ0) is 17.2. The molecule has 1 aliphatic heterocycles. The number of ether oxygens (including phenoxy) is 1. The zero-order valence-electron chi connectivity index (χ0n) is 13.0. The van der Waals surface area contributed by atoms with E-state index in [9.17, 15) is 0 Å². The SMILES string of the molecule is C=CCSc1nnc2c(n1)OC(c1ccc(I)o1)Nc1ccccc1-2. The van der Waals surface area contributed by atoms with Crippen LogP contribution >= 0.6 is 34.4 Å². The van der Waals surface area contributed by atoms with E-state index in [0.29, 0.717) is 28.2 Å². The van der Waals surface area contributed by atoms with Crippen molar-refractivity contribution in [2.24, 2.45) is 0 Å². The molecule has 6 nitrogen and oxygen atoms in total. The van der Waals surface area contributed by atoms with Gasteiger partial charge in [0, 0.05) is 17.0 Å². The molecule has 1 atom stereocenters. The number of rotatable bonds is 4. The van der Waals surface area contributed by atoms with Crippen LogP contribution < -0.4 is 10.1 Å². The van der Waals surface area contributed by atoms with Crippen LogP contribution in [0.3, 0.4) is 0 Å². The normalized spacial score (nSPS) is 15.3. The van der Waals surface area contributed by atoms with Gasteiger partial charge in [-0.3, -0.25) is 0 Å². The van der Waals surface area contributed by atoms with E-state index in [-0.39, 0.29) is 0 Å². The number of anilines is 1. The molecular formula is C17H13IN4O2S. The van der Waals surface area contributed by atoms with Crippen molar-refractivity contribution in [2.75, 3.05) is 11.1 Å². The molecule has 3 heterocycles. The Balaban J connectivity index is 1.80. The molecule has 1 N–H and O–H groups in total. The molecule has 8 heteroatoms. The van der Waals surface area contributed by atoms with Gasteiger partial charge in [0.1, 0.15) is 0 Å². The Labute approximate surface area is 162 Å². The number of halogens is 1. The van der Waals surface area contributed by atoms with Gasteiger partial charge in [-0.2, -0.15) is 4.98 Å². The monoisotopic (exact) mass is 464 g/mol. The highest BCUT2D eigenvalue weighted by molar-refractivity contribution is 14.1. The van der Waals surface area contributed by atoms with Crippen LogP contribution in [0.4, 0.5) is 5.69 Å². The van der Waals surface area contributed by atoms with Crippen LogP contribution in [0, 0.1) is 3.77 Å². The molecule has 0 bridgehead atoms. The molecule has 0 saturated carbocycles. The summed E-state index contributed by atoms with van der Waals surface area (Å²) in [6.45, 7) is 3.71. The van der Waals surface area contributed by atoms with Gasteiger partial charge < -0.3 is 14.5 Å². The van der Waals surface area contributed by atoms with Gasteiger partial charge in [-0.15, -0.1) is 16.8 Å². The van der Waals surface area contributed by atoms with Crippen molar-refractivity contribution in [3.8, 4) is 17.1 Å². The second-order valence-electron chi connectivity index (χ2n) is 5.18. The lowest BCUT2D eigenvalue weighted by Gasteiger charge is -2.16. The van der Waals surface area contributed by atoms with Crippen molar-refractivity contribution in [1.29, 1.82) is 0 Å². The first kappa shape index (κ1) is 16.4. The number of hydrogen-bond acceptors (Lipinski definition) is 7. The van der Waals surface area contributed by atoms with E-state index in [2.05, 4.69) is 49.7 Å². The standard InChI is InChI=1S/C17H13IN4O2S/c1-2-9-25-17-20-16-14(21-22-17)10-5-3-4-6-11(10)19-15(24-16)12-7-8-13(18)23-12/h2-8,15,19H,1,9H2. The van der Waals surface area contributed by atoms with E-state index in [1.807, 2.05) is 36.4 Å². The molecule has 3 aromatic rings. The highest BCUT2D eigenvalue weighted by atomic mass is 127. The van der Waals surface area contributed by atoms with Crippen molar-refractivity contribution in [1.82, 2.24) is 15.2 Å². The van der Waals surface area contributed by atoms with E-state index < -0.39 is 6.23 Å². The van der Waals surface area contributed by atoms with E-state index in [1.54, 1.807) is 6.08 Å². The van der Waals surface area contributed by atoms with Gasteiger partial charge in [0.05, 0.1) is 0 Å². The van der Waals surface area contributed by atoms with Crippen LogP contribution in [0.1, 0.15) is 12.0 Å². The van der Waals surface area contributed by atoms with Gasteiger partial charge in [-0.25, -0.2) is 0 Å². The first-order valence-electron chi connectivity index (χ1n) is 7.51. The van der Waals surface area contributed by atoms with Crippen LogP contribution in [-0.2, 0) is 0 Å². The van der Waals surface area contributed by atoms with Crippen molar-refractivity contribution in [3.63, 3.8) is 0 Å².